The minimum Gasteiger partial charge on any atom is -0.322 e. The Balaban J connectivity index is 1.86. The number of quaternary nitrogens is 1. The Kier molecular flexibility index (Phi) is 6.29. The minimum absolute atomic E-state index is 0.0922. The Morgan fingerprint density at radius 2 is 1.42 bits per heavy atom. The van der Waals surface area contributed by atoms with E-state index < -0.39 is 40.8 Å². The Morgan fingerprint density at radius 1 is 0.846 bits per heavy atom. The number of anilines is 2. The van der Waals surface area contributed by atoms with Crippen LogP contribution in [0.1, 0.15) is 0 Å². The van der Waals surface area contributed by atoms with Crippen LogP contribution in [0.25, 0.3) is 0 Å². The van der Waals surface area contributed by atoms with Crippen molar-refractivity contribution >= 4 is 23.2 Å². The third kappa shape index (κ3) is 5.28. The molecule has 0 spiro atoms. The molecule has 1 unspecified atom stereocenters. The topological polar surface area (TPSA) is 62.6 Å². The fourth-order valence-corrected chi connectivity index (χ4v) is 2.17. The molecule has 26 heavy (non-hydrogen) atoms. The number of likely N-dealkylation sites (N-methyl/N-ethyl adjacent to an activating group) is 1. The van der Waals surface area contributed by atoms with E-state index in [-0.39, 0.29) is 13.1 Å². The summed E-state index contributed by atoms with van der Waals surface area (Å²) in [6, 6.07) is 6.76. The van der Waals surface area contributed by atoms with Crippen molar-refractivity contribution in [2.45, 2.75) is 0 Å². The van der Waals surface area contributed by atoms with Gasteiger partial charge in [0.2, 0.25) is 0 Å². The van der Waals surface area contributed by atoms with Crippen molar-refractivity contribution in [3.63, 3.8) is 0 Å². The molecule has 2 aromatic rings. The van der Waals surface area contributed by atoms with Crippen molar-refractivity contribution < 1.29 is 32.1 Å². The molecule has 2 aromatic carbocycles. The molecular formula is C17H16F4N3O2+. The van der Waals surface area contributed by atoms with Gasteiger partial charge in [-0.1, -0.05) is 0 Å². The van der Waals surface area contributed by atoms with Gasteiger partial charge in [0, 0.05) is 5.69 Å². The average Bonchev–Trinajstić information content (AvgIpc) is 2.57. The zero-order valence-electron chi connectivity index (χ0n) is 13.7. The van der Waals surface area contributed by atoms with Crippen LogP contribution in [0.5, 0.6) is 0 Å². The Morgan fingerprint density at radius 3 is 2.04 bits per heavy atom. The summed E-state index contributed by atoms with van der Waals surface area (Å²) in [5.41, 5.74) is -0.0880. The first kappa shape index (κ1) is 19.4. The predicted octanol–water partition coefficient (Wildman–Crippen LogP) is 1.33. The molecule has 0 heterocycles. The lowest BCUT2D eigenvalue weighted by molar-refractivity contribution is -0.862. The van der Waals surface area contributed by atoms with Crippen molar-refractivity contribution in [1.82, 2.24) is 0 Å². The molecule has 0 bridgehead atoms. The average molecular weight is 370 g/mol. The molecule has 0 aliphatic carbocycles. The van der Waals surface area contributed by atoms with Gasteiger partial charge in [-0.3, -0.25) is 9.59 Å². The van der Waals surface area contributed by atoms with Crippen molar-refractivity contribution in [2.24, 2.45) is 0 Å². The van der Waals surface area contributed by atoms with Crippen molar-refractivity contribution in [3.05, 3.63) is 59.7 Å². The van der Waals surface area contributed by atoms with E-state index in [9.17, 15) is 27.2 Å². The smallest absolute Gasteiger partial charge is 0.279 e. The molecule has 3 N–H and O–H groups in total. The molecule has 9 heteroatoms. The molecule has 0 aliphatic rings. The molecule has 0 fully saturated rings. The van der Waals surface area contributed by atoms with E-state index in [2.05, 4.69) is 10.6 Å². The summed E-state index contributed by atoms with van der Waals surface area (Å²) in [4.78, 5) is 24.2. The van der Waals surface area contributed by atoms with Gasteiger partial charge in [0.05, 0.1) is 12.7 Å². The Labute approximate surface area is 146 Å². The first-order valence-electron chi connectivity index (χ1n) is 7.56. The first-order valence-corrected chi connectivity index (χ1v) is 7.56. The quantitative estimate of drug-likeness (QED) is 0.531. The normalized spacial score (nSPS) is 11.7. The molecule has 138 valence electrons. The van der Waals surface area contributed by atoms with Crippen molar-refractivity contribution in [1.29, 1.82) is 0 Å². The first-order chi connectivity index (χ1) is 12.3. The third-order valence-electron chi connectivity index (χ3n) is 3.36. The molecule has 2 rings (SSSR count). The summed E-state index contributed by atoms with van der Waals surface area (Å²) in [7, 11) is 1.55. The van der Waals surface area contributed by atoms with Crippen LogP contribution in [0.3, 0.4) is 0 Å². The van der Waals surface area contributed by atoms with E-state index in [1.165, 1.54) is 24.3 Å². The van der Waals surface area contributed by atoms with Gasteiger partial charge in [0.1, 0.15) is 5.82 Å². The zero-order chi connectivity index (χ0) is 19.3. The van der Waals surface area contributed by atoms with E-state index >= 15 is 0 Å². The van der Waals surface area contributed by atoms with Gasteiger partial charge >= 0.3 is 0 Å². The van der Waals surface area contributed by atoms with E-state index in [1.54, 1.807) is 7.05 Å². The number of hydrogen-bond donors (Lipinski definition) is 3. The standard InChI is InChI=1S/C17H15F4N3O2/c1-24(8-14(25)22-11-4-2-10(18)3-5-11)9-15(26)23-13-7-6-12(19)16(20)17(13)21/h2-7H,8-9H2,1H3,(H,22,25)(H,23,26)/p+1. The van der Waals surface area contributed by atoms with Crippen LogP contribution in [0, 0.1) is 23.3 Å². The van der Waals surface area contributed by atoms with Crippen LogP contribution in [-0.4, -0.2) is 32.0 Å². The minimum atomic E-state index is -1.68. The largest absolute Gasteiger partial charge is 0.322 e. The second-order valence-electron chi connectivity index (χ2n) is 5.64. The van der Waals surface area contributed by atoms with Gasteiger partial charge in [-0.05, 0) is 36.4 Å². The van der Waals surface area contributed by atoms with Crippen molar-refractivity contribution in [3.8, 4) is 0 Å². The van der Waals surface area contributed by atoms with Crippen LogP contribution >= 0.6 is 0 Å². The fourth-order valence-electron chi connectivity index (χ4n) is 2.17. The molecule has 0 aromatic heterocycles. The Hall–Kier alpha value is -2.94. The highest BCUT2D eigenvalue weighted by Gasteiger charge is 2.18. The highest BCUT2D eigenvalue weighted by molar-refractivity contribution is 5.93. The SMILES string of the molecule is C[NH+](CC(=O)Nc1ccc(F)cc1)CC(=O)Nc1ccc(F)c(F)c1F. The third-order valence-corrected chi connectivity index (χ3v) is 3.36. The maximum absolute atomic E-state index is 13.5. The van der Waals surface area contributed by atoms with Gasteiger partial charge in [-0.15, -0.1) is 0 Å². The van der Waals surface area contributed by atoms with E-state index in [0.717, 1.165) is 6.07 Å². The fraction of sp³-hybridized carbons (Fsp3) is 0.176. The molecule has 0 radical (unpaired) electrons. The monoisotopic (exact) mass is 370 g/mol. The molecule has 0 saturated heterocycles. The van der Waals surface area contributed by atoms with Gasteiger partial charge in [0.15, 0.2) is 30.5 Å². The summed E-state index contributed by atoms with van der Waals surface area (Å²) < 4.78 is 52.3. The number of rotatable bonds is 6. The second-order valence-corrected chi connectivity index (χ2v) is 5.64. The number of nitrogens with one attached hydrogen (secondary N) is 3. The molecule has 5 nitrogen and oxygen atoms in total. The van der Waals surface area contributed by atoms with Crippen LogP contribution in [0.15, 0.2) is 36.4 Å². The summed E-state index contributed by atoms with van der Waals surface area (Å²) in [5.74, 6) is -6.07. The predicted molar refractivity (Wildman–Crippen MR) is 86.6 cm³/mol. The summed E-state index contributed by atoms with van der Waals surface area (Å²) >= 11 is 0. The van der Waals surface area contributed by atoms with Gasteiger partial charge < -0.3 is 15.5 Å². The second kappa shape index (κ2) is 8.43. The molecular weight excluding hydrogens is 354 g/mol. The lowest BCUT2D eigenvalue weighted by atomic mass is 10.2. The number of benzene rings is 2. The number of carbonyl (C=O) groups is 2. The number of halogens is 4. The zero-order valence-corrected chi connectivity index (χ0v) is 13.7. The van der Waals surface area contributed by atoms with Crippen molar-refractivity contribution in [2.75, 3.05) is 30.8 Å². The maximum Gasteiger partial charge on any atom is 0.279 e. The van der Waals surface area contributed by atoms with E-state index in [0.29, 0.717) is 16.7 Å². The number of carbonyl (C=O) groups excluding carboxylic acids is 2. The Bertz CT molecular complexity index is 812. The van der Waals surface area contributed by atoms with Crippen LogP contribution < -0.4 is 15.5 Å². The lowest BCUT2D eigenvalue weighted by Crippen LogP contribution is -3.11. The number of amides is 2. The lowest BCUT2D eigenvalue weighted by Gasteiger charge is -2.14. The van der Waals surface area contributed by atoms with Crippen LogP contribution in [0.4, 0.5) is 28.9 Å². The van der Waals surface area contributed by atoms with Crippen LogP contribution in [-0.2, 0) is 9.59 Å². The van der Waals surface area contributed by atoms with E-state index in [4.69, 9.17) is 0 Å². The van der Waals surface area contributed by atoms with Crippen LogP contribution in [0.2, 0.25) is 0 Å². The van der Waals surface area contributed by atoms with Gasteiger partial charge in [-0.2, -0.15) is 0 Å². The summed E-state index contributed by atoms with van der Waals surface area (Å²) in [6.45, 7) is -0.305. The highest BCUT2D eigenvalue weighted by Crippen LogP contribution is 2.19. The summed E-state index contributed by atoms with van der Waals surface area (Å²) in [5, 5.41) is 4.66. The molecule has 2 amide bonds. The summed E-state index contributed by atoms with van der Waals surface area (Å²) in [6.07, 6.45) is 0. The van der Waals surface area contributed by atoms with Gasteiger partial charge in [-0.25, -0.2) is 17.6 Å². The number of hydrogen-bond acceptors (Lipinski definition) is 2. The molecule has 1 atom stereocenters. The van der Waals surface area contributed by atoms with Gasteiger partial charge in [0.25, 0.3) is 11.8 Å². The van der Waals surface area contributed by atoms with E-state index in [1.807, 2.05) is 0 Å². The molecule has 0 aliphatic heterocycles. The highest BCUT2D eigenvalue weighted by atomic mass is 19.2. The molecule has 0 saturated carbocycles. The maximum atomic E-state index is 13.5.